The molecule has 1 heteroatoms. The Morgan fingerprint density at radius 2 is 0.818 bits per heavy atom. The molecular weight excluding hydrogens is 795 g/mol. The highest BCUT2D eigenvalue weighted by Crippen LogP contribution is 2.57. The quantitative estimate of drug-likeness (QED) is 0.140. The van der Waals surface area contributed by atoms with Crippen LogP contribution in [0.25, 0.3) is 55.3 Å². The molecule has 0 N–H and O–H groups in total. The Labute approximate surface area is 389 Å². The first-order chi connectivity index (χ1) is 32.8. The van der Waals surface area contributed by atoms with Crippen LogP contribution in [0.4, 0.5) is 17.1 Å². The van der Waals surface area contributed by atoms with Crippen molar-refractivity contribution in [1.82, 2.24) is 0 Å². The predicted octanol–water partition coefficient (Wildman–Crippen LogP) is 17.7. The molecule has 0 radical (unpaired) electrons. The van der Waals surface area contributed by atoms with Crippen molar-refractivity contribution in [3.8, 4) is 44.5 Å². The van der Waals surface area contributed by atoms with Crippen molar-refractivity contribution in [2.75, 3.05) is 4.90 Å². The Morgan fingerprint density at radius 1 is 0.333 bits per heavy atom. The molecule has 1 saturated carbocycles. The average Bonchev–Trinajstić information content (AvgIpc) is 3.70. The summed E-state index contributed by atoms with van der Waals surface area (Å²) in [7, 11) is 0. The monoisotopic (exact) mass is 845 g/mol. The van der Waals surface area contributed by atoms with Gasteiger partial charge in [-0.1, -0.05) is 238 Å². The molecule has 0 bridgehead atoms. The van der Waals surface area contributed by atoms with E-state index >= 15 is 0 Å². The Hall–Kier alpha value is -7.74. The molecule has 1 nitrogen and oxygen atoms in total. The van der Waals surface area contributed by atoms with E-state index in [9.17, 15) is 0 Å². The predicted molar refractivity (Wildman–Crippen MR) is 278 cm³/mol. The van der Waals surface area contributed by atoms with Crippen molar-refractivity contribution >= 4 is 27.8 Å². The smallest absolute Gasteiger partial charge is 0.0713 e. The summed E-state index contributed by atoms with van der Waals surface area (Å²) in [4.78, 5) is 2.55. The Bertz CT molecular complexity index is 3300. The molecule has 0 heterocycles. The third kappa shape index (κ3) is 6.61. The van der Waals surface area contributed by atoms with Gasteiger partial charge in [0.1, 0.15) is 0 Å². The zero-order valence-electron chi connectivity index (χ0n) is 37.2. The molecule has 66 heavy (non-hydrogen) atoms. The number of hydrogen-bond donors (Lipinski definition) is 0. The van der Waals surface area contributed by atoms with E-state index in [0.717, 1.165) is 17.1 Å². The lowest BCUT2D eigenvalue weighted by atomic mass is 9.67. The molecule has 2 aliphatic rings. The molecule has 10 aromatic carbocycles. The highest BCUT2D eigenvalue weighted by molar-refractivity contribution is 6.05. The van der Waals surface area contributed by atoms with E-state index in [1.165, 1.54) is 115 Å². The molecule has 0 spiro atoms. The van der Waals surface area contributed by atoms with Gasteiger partial charge in [0.05, 0.1) is 22.5 Å². The third-order valence-corrected chi connectivity index (χ3v) is 14.6. The number of anilines is 3. The zero-order valence-corrected chi connectivity index (χ0v) is 37.2. The van der Waals surface area contributed by atoms with E-state index in [1.807, 2.05) is 0 Å². The maximum Gasteiger partial charge on any atom is 0.0713 e. The minimum absolute atomic E-state index is 0.504. The highest BCUT2D eigenvalue weighted by atomic mass is 15.1. The van der Waals surface area contributed by atoms with Crippen LogP contribution < -0.4 is 4.90 Å². The van der Waals surface area contributed by atoms with Crippen molar-refractivity contribution < 1.29 is 0 Å². The van der Waals surface area contributed by atoms with Gasteiger partial charge < -0.3 is 4.90 Å². The van der Waals surface area contributed by atoms with E-state index in [-0.39, 0.29) is 0 Å². The summed E-state index contributed by atoms with van der Waals surface area (Å²) in [5, 5.41) is 2.70. The van der Waals surface area contributed by atoms with Crippen molar-refractivity contribution in [2.45, 2.75) is 43.4 Å². The lowest BCUT2D eigenvalue weighted by molar-refractivity contribution is 0.445. The first-order valence-electron chi connectivity index (χ1n) is 23.8. The van der Waals surface area contributed by atoms with Gasteiger partial charge in [-0.3, -0.25) is 0 Å². The molecule has 0 atom stereocenters. The summed E-state index contributed by atoms with van der Waals surface area (Å²) in [5.74, 6) is 0.566. The van der Waals surface area contributed by atoms with Crippen molar-refractivity contribution in [3.05, 3.63) is 270 Å². The van der Waals surface area contributed by atoms with Gasteiger partial charge in [-0.2, -0.15) is 0 Å². The molecule has 1 fully saturated rings. The summed E-state index contributed by atoms with van der Waals surface area (Å²) in [6.45, 7) is 0. The molecule has 0 unspecified atom stereocenters. The molecule has 0 aliphatic heterocycles. The first kappa shape index (κ1) is 39.8. The Morgan fingerprint density at radius 3 is 1.47 bits per heavy atom. The second-order valence-electron chi connectivity index (χ2n) is 18.1. The number of fused-ring (bicyclic) bond motifs is 4. The maximum atomic E-state index is 2.55. The van der Waals surface area contributed by atoms with Crippen LogP contribution in [0.15, 0.2) is 243 Å². The van der Waals surface area contributed by atoms with Crippen LogP contribution in [0.1, 0.15) is 65.8 Å². The van der Waals surface area contributed by atoms with Gasteiger partial charge >= 0.3 is 0 Å². The fraction of sp³-hybridized carbons (Fsp3) is 0.108. The second-order valence-corrected chi connectivity index (χ2v) is 18.1. The number of rotatable bonds is 9. The van der Waals surface area contributed by atoms with Crippen LogP contribution in [0, 0.1) is 0 Å². The van der Waals surface area contributed by atoms with E-state index < -0.39 is 5.41 Å². The molecular formula is C65H51N. The number of benzene rings is 10. The van der Waals surface area contributed by atoms with Gasteiger partial charge in [0, 0.05) is 16.7 Å². The average molecular weight is 846 g/mol. The van der Waals surface area contributed by atoms with Gasteiger partial charge in [0.15, 0.2) is 0 Å². The van der Waals surface area contributed by atoms with Crippen LogP contribution in [0.2, 0.25) is 0 Å². The molecule has 12 rings (SSSR count). The molecule has 0 amide bonds. The van der Waals surface area contributed by atoms with Crippen molar-refractivity contribution in [1.29, 1.82) is 0 Å². The van der Waals surface area contributed by atoms with Gasteiger partial charge in [-0.05, 0) is 109 Å². The second kappa shape index (κ2) is 17.0. The van der Waals surface area contributed by atoms with Crippen LogP contribution in [-0.4, -0.2) is 0 Å². The van der Waals surface area contributed by atoms with Crippen LogP contribution in [-0.2, 0) is 5.41 Å². The van der Waals surface area contributed by atoms with Crippen LogP contribution >= 0.6 is 0 Å². The fourth-order valence-electron chi connectivity index (χ4n) is 11.7. The first-order valence-corrected chi connectivity index (χ1v) is 23.8. The van der Waals surface area contributed by atoms with Crippen LogP contribution in [0.5, 0.6) is 0 Å². The van der Waals surface area contributed by atoms with Crippen molar-refractivity contribution in [2.24, 2.45) is 0 Å². The van der Waals surface area contributed by atoms with Gasteiger partial charge in [0.2, 0.25) is 0 Å². The van der Waals surface area contributed by atoms with Crippen LogP contribution in [0.3, 0.4) is 0 Å². The Balaban J connectivity index is 1.12. The summed E-state index contributed by atoms with van der Waals surface area (Å²) >= 11 is 0. The minimum Gasteiger partial charge on any atom is -0.309 e. The van der Waals surface area contributed by atoms with E-state index in [0.29, 0.717) is 5.92 Å². The van der Waals surface area contributed by atoms with E-state index in [4.69, 9.17) is 0 Å². The molecule has 0 saturated heterocycles. The summed E-state index contributed by atoms with van der Waals surface area (Å²) < 4.78 is 0. The van der Waals surface area contributed by atoms with Gasteiger partial charge in [0.25, 0.3) is 0 Å². The lowest BCUT2D eigenvalue weighted by Crippen LogP contribution is -2.28. The maximum absolute atomic E-state index is 2.55. The summed E-state index contributed by atoms with van der Waals surface area (Å²) in [5.41, 5.74) is 19.3. The van der Waals surface area contributed by atoms with E-state index in [2.05, 4.69) is 248 Å². The SMILES string of the molecule is c1ccc(-c2ccccc2N(c2ccccc2-c2ccc3c(c2)C(c2ccccc2)(c2ccccc2)c2ccccc2-3)c2ccccc2-c2cccc3cccc(C4CCCCC4)c23)cc1. The number of nitrogens with zero attached hydrogens (tertiary/aromatic N) is 1. The molecule has 316 valence electrons. The largest absolute Gasteiger partial charge is 0.309 e. The lowest BCUT2D eigenvalue weighted by Gasteiger charge is -2.34. The van der Waals surface area contributed by atoms with Gasteiger partial charge in [-0.15, -0.1) is 0 Å². The minimum atomic E-state index is -0.504. The Kier molecular flexibility index (Phi) is 10.3. The fourth-order valence-corrected chi connectivity index (χ4v) is 11.7. The third-order valence-electron chi connectivity index (χ3n) is 14.6. The number of para-hydroxylation sites is 3. The standard InChI is InChI=1S/C65H51N/c1-5-23-46(24-6-1)52-33-14-18-40-61(52)66(63-42-20-16-36-57(63)58-38-22-28-48-27-21-37-54(64(48)58)47-25-7-2-8-26-47)62-41-19-15-34-53(62)49-43-44-56-55-35-13-17-39-59(55)65(60(56)45-49,50-29-9-3-10-30-50)51-31-11-4-12-32-51/h1,3-6,9-24,27-45,47H,2,7-8,25-26H2. The van der Waals surface area contributed by atoms with Crippen molar-refractivity contribution in [3.63, 3.8) is 0 Å². The molecule has 0 aromatic heterocycles. The van der Waals surface area contributed by atoms with Gasteiger partial charge in [-0.25, -0.2) is 0 Å². The van der Waals surface area contributed by atoms with E-state index in [1.54, 1.807) is 0 Å². The normalized spacial score (nSPS) is 14.1. The zero-order chi connectivity index (χ0) is 43.9. The molecule has 10 aromatic rings. The number of hydrogen-bond acceptors (Lipinski definition) is 1. The molecule has 2 aliphatic carbocycles. The highest BCUT2D eigenvalue weighted by Gasteiger charge is 2.46. The topological polar surface area (TPSA) is 3.24 Å². The summed E-state index contributed by atoms with van der Waals surface area (Å²) in [6.07, 6.45) is 6.44. The summed E-state index contributed by atoms with van der Waals surface area (Å²) in [6, 6.07) is 90.5.